The summed E-state index contributed by atoms with van der Waals surface area (Å²) in [6.45, 7) is 4.84. The van der Waals surface area contributed by atoms with Crippen LogP contribution in [0.4, 0.5) is 0 Å². The van der Waals surface area contributed by atoms with E-state index in [1.165, 1.54) is 11.1 Å². The fourth-order valence-corrected chi connectivity index (χ4v) is 4.32. The summed E-state index contributed by atoms with van der Waals surface area (Å²) in [5, 5.41) is 6.42. The van der Waals surface area contributed by atoms with Crippen LogP contribution in [0.1, 0.15) is 24.5 Å². The Morgan fingerprint density at radius 3 is 2.78 bits per heavy atom. The molecule has 0 saturated heterocycles. The monoisotopic (exact) mass is 399 g/mol. The predicted octanol–water partition coefficient (Wildman–Crippen LogP) is 4.29. The molecule has 0 bridgehead atoms. The van der Waals surface area contributed by atoms with Gasteiger partial charge >= 0.3 is 0 Å². The Hall–Kier alpha value is -2.02. The number of amides is 1. The molecule has 6 heteroatoms. The van der Waals surface area contributed by atoms with Gasteiger partial charge in [0.05, 0.1) is 10.2 Å². The van der Waals surface area contributed by atoms with Crippen LogP contribution in [-0.2, 0) is 24.3 Å². The molecular weight excluding hydrogens is 374 g/mol. The third-order valence-corrected chi connectivity index (χ3v) is 5.89. The van der Waals surface area contributed by atoms with E-state index in [9.17, 15) is 4.79 Å². The van der Waals surface area contributed by atoms with E-state index in [1.54, 1.807) is 11.3 Å². The van der Waals surface area contributed by atoms with E-state index >= 15 is 0 Å². The van der Waals surface area contributed by atoms with Crippen LogP contribution < -0.4 is 10.6 Å². The second kappa shape index (κ2) is 9.78. The van der Waals surface area contributed by atoms with Crippen molar-refractivity contribution in [3.05, 3.63) is 63.6 Å². The molecule has 0 saturated carbocycles. The molecule has 3 aromatic rings. The van der Waals surface area contributed by atoms with Crippen molar-refractivity contribution < 1.29 is 4.79 Å². The largest absolute Gasteiger partial charge is 0.355 e. The summed E-state index contributed by atoms with van der Waals surface area (Å²) >= 11 is 6.94. The van der Waals surface area contributed by atoms with Crippen molar-refractivity contribution in [3.63, 3.8) is 0 Å². The number of nitrogens with one attached hydrogen (secondary N) is 2. The molecule has 0 spiro atoms. The first kappa shape index (κ1) is 19.7. The lowest BCUT2D eigenvalue weighted by molar-refractivity contribution is -0.121. The van der Waals surface area contributed by atoms with Gasteiger partial charge in [-0.15, -0.1) is 11.3 Å². The lowest BCUT2D eigenvalue weighted by Gasteiger charge is -2.09. The number of para-hydroxylation sites is 1. The highest BCUT2D eigenvalue weighted by Gasteiger charge is 2.08. The van der Waals surface area contributed by atoms with Crippen LogP contribution in [0.2, 0.25) is 0 Å². The molecule has 27 heavy (non-hydrogen) atoms. The lowest BCUT2D eigenvalue weighted by Crippen LogP contribution is -2.30. The van der Waals surface area contributed by atoms with Gasteiger partial charge in [-0.1, -0.05) is 43.3 Å². The zero-order valence-electron chi connectivity index (χ0n) is 15.5. The Balaban J connectivity index is 1.38. The summed E-state index contributed by atoms with van der Waals surface area (Å²) < 4.78 is 3.76. The van der Waals surface area contributed by atoms with Crippen molar-refractivity contribution in [1.82, 2.24) is 15.2 Å². The van der Waals surface area contributed by atoms with Crippen LogP contribution in [0.5, 0.6) is 0 Å². The smallest absolute Gasteiger partial charge is 0.240 e. The molecule has 0 aliphatic carbocycles. The zero-order valence-corrected chi connectivity index (χ0v) is 17.2. The van der Waals surface area contributed by atoms with Crippen molar-refractivity contribution in [3.8, 4) is 0 Å². The molecule has 0 fully saturated rings. The molecule has 1 aromatic heterocycles. The molecule has 2 aromatic carbocycles. The molecule has 1 amide bonds. The molecule has 0 atom stereocenters. The fourth-order valence-electron chi connectivity index (χ4n) is 3.00. The average Bonchev–Trinajstić information content (AvgIpc) is 3.00. The number of carbonyl (C=O) groups is 1. The zero-order chi connectivity index (χ0) is 19.1. The van der Waals surface area contributed by atoms with E-state index in [1.807, 2.05) is 28.8 Å². The standard InChI is InChI=1S/C21H25N3OS2/c1-2-16-7-5-8-17(13-16)14-22-11-6-12-23-20(25)15-24-18-9-3-4-10-19(18)27-21(24)26/h3-5,7-10,13,22H,2,6,11-12,14-15H2,1H3,(H,23,25). The maximum absolute atomic E-state index is 12.2. The van der Waals surface area contributed by atoms with Crippen molar-refractivity contribution in [2.45, 2.75) is 32.9 Å². The summed E-state index contributed by atoms with van der Waals surface area (Å²) in [4.78, 5) is 12.2. The number of aryl methyl sites for hydroxylation is 1. The van der Waals surface area contributed by atoms with E-state index in [0.717, 1.165) is 40.1 Å². The number of fused-ring (bicyclic) bond motifs is 1. The molecule has 0 unspecified atom stereocenters. The minimum atomic E-state index is 0.00491. The SMILES string of the molecule is CCc1cccc(CNCCCNC(=O)Cn2c(=S)sc3ccccc32)c1. The number of nitrogens with zero attached hydrogens (tertiary/aromatic N) is 1. The summed E-state index contributed by atoms with van der Waals surface area (Å²) in [5.74, 6) is 0.00491. The number of carbonyl (C=O) groups excluding carboxylic acids is 1. The molecule has 2 N–H and O–H groups in total. The Bertz CT molecular complexity index is 961. The molecule has 0 aliphatic rings. The first-order valence-electron chi connectivity index (χ1n) is 9.31. The van der Waals surface area contributed by atoms with Crippen molar-refractivity contribution in [1.29, 1.82) is 0 Å². The second-order valence-corrected chi connectivity index (χ2v) is 8.15. The molecular formula is C21H25N3OS2. The summed E-state index contributed by atoms with van der Waals surface area (Å²) in [7, 11) is 0. The number of thiazole rings is 1. The highest BCUT2D eigenvalue weighted by molar-refractivity contribution is 7.73. The Kier molecular flexibility index (Phi) is 7.15. The van der Waals surface area contributed by atoms with E-state index in [2.05, 4.69) is 41.8 Å². The van der Waals surface area contributed by atoms with Gasteiger partial charge in [-0.3, -0.25) is 4.79 Å². The maximum atomic E-state index is 12.2. The Morgan fingerprint density at radius 1 is 1.11 bits per heavy atom. The van der Waals surface area contributed by atoms with Crippen molar-refractivity contribution >= 4 is 39.7 Å². The number of aromatic nitrogens is 1. The molecule has 0 aliphatic heterocycles. The second-order valence-electron chi connectivity index (χ2n) is 6.48. The first-order chi connectivity index (χ1) is 13.2. The summed E-state index contributed by atoms with van der Waals surface area (Å²) in [6, 6.07) is 16.6. The first-order valence-corrected chi connectivity index (χ1v) is 10.5. The van der Waals surface area contributed by atoms with E-state index in [4.69, 9.17) is 12.2 Å². The van der Waals surface area contributed by atoms with Gasteiger partial charge in [-0.25, -0.2) is 0 Å². The number of hydrogen-bond donors (Lipinski definition) is 2. The van der Waals surface area contributed by atoms with Crippen molar-refractivity contribution in [2.75, 3.05) is 13.1 Å². The highest BCUT2D eigenvalue weighted by atomic mass is 32.1. The summed E-state index contributed by atoms with van der Waals surface area (Å²) in [6.07, 6.45) is 1.96. The minimum absolute atomic E-state index is 0.00491. The Morgan fingerprint density at radius 2 is 1.93 bits per heavy atom. The van der Waals surface area contributed by atoms with Crippen LogP contribution in [0.25, 0.3) is 10.2 Å². The summed E-state index contributed by atoms with van der Waals surface area (Å²) in [5.41, 5.74) is 3.69. The molecule has 1 heterocycles. The predicted molar refractivity (Wildman–Crippen MR) is 116 cm³/mol. The number of rotatable bonds is 9. The van der Waals surface area contributed by atoms with Gasteiger partial charge in [-0.05, 0) is 54.9 Å². The van der Waals surface area contributed by atoms with Gasteiger partial charge in [0.1, 0.15) is 6.54 Å². The van der Waals surface area contributed by atoms with Gasteiger partial charge in [0, 0.05) is 13.1 Å². The topological polar surface area (TPSA) is 46.1 Å². The van der Waals surface area contributed by atoms with Gasteiger partial charge in [0.2, 0.25) is 5.91 Å². The quantitative estimate of drug-likeness (QED) is 0.417. The third-order valence-electron chi connectivity index (χ3n) is 4.46. The van der Waals surface area contributed by atoms with E-state index < -0.39 is 0 Å². The Labute approximate surface area is 169 Å². The van der Waals surface area contributed by atoms with Crippen LogP contribution >= 0.6 is 23.6 Å². The maximum Gasteiger partial charge on any atom is 0.240 e. The van der Waals surface area contributed by atoms with Crippen molar-refractivity contribution in [2.24, 2.45) is 0 Å². The third kappa shape index (κ3) is 5.48. The highest BCUT2D eigenvalue weighted by Crippen LogP contribution is 2.22. The number of benzene rings is 2. The van der Waals surface area contributed by atoms with Gasteiger partial charge in [-0.2, -0.15) is 0 Å². The van der Waals surface area contributed by atoms with Gasteiger partial charge < -0.3 is 15.2 Å². The average molecular weight is 400 g/mol. The molecule has 0 radical (unpaired) electrons. The number of hydrogen-bond acceptors (Lipinski definition) is 4. The lowest BCUT2D eigenvalue weighted by atomic mass is 10.1. The van der Waals surface area contributed by atoms with E-state index in [0.29, 0.717) is 6.54 Å². The van der Waals surface area contributed by atoms with Crippen LogP contribution in [0.15, 0.2) is 48.5 Å². The van der Waals surface area contributed by atoms with Gasteiger partial charge in [0.15, 0.2) is 3.95 Å². The van der Waals surface area contributed by atoms with E-state index in [-0.39, 0.29) is 12.5 Å². The molecule has 142 valence electrons. The molecule has 3 rings (SSSR count). The molecule has 4 nitrogen and oxygen atoms in total. The van der Waals surface area contributed by atoms with Gasteiger partial charge in [0.25, 0.3) is 0 Å². The van der Waals surface area contributed by atoms with Crippen LogP contribution in [-0.4, -0.2) is 23.6 Å². The van der Waals surface area contributed by atoms with Crippen LogP contribution in [0, 0.1) is 3.95 Å². The van der Waals surface area contributed by atoms with Crippen LogP contribution in [0.3, 0.4) is 0 Å². The normalized spacial score (nSPS) is 11.0. The minimum Gasteiger partial charge on any atom is -0.355 e. The fraction of sp³-hybridized carbons (Fsp3) is 0.333.